The van der Waals surface area contributed by atoms with E-state index in [1.54, 1.807) is 13.0 Å². The van der Waals surface area contributed by atoms with Crippen molar-refractivity contribution in [1.29, 1.82) is 0 Å². The number of carbonyl (C=O) groups is 2. The largest absolute Gasteiger partial charge is 0.453 e. The molecular weight excluding hydrogens is 268 g/mol. The van der Waals surface area contributed by atoms with Gasteiger partial charge < -0.3 is 4.74 Å². The van der Waals surface area contributed by atoms with Gasteiger partial charge in [0, 0.05) is 11.1 Å². The number of imide groups is 1. The standard InChI is InChI=1S/C13H17ClN2O3/c1-8(10-6-4-5-7-11(10)14)15-9(2)12(17)16-13(18)19-3/h4-9,15H,1-3H3,(H,16,17,18)/t8-,9-/m1/s1. The Morgan fingerprint density at radius 2 is 1.89 bits per heavy atom. The van der Waals surface area contributed by atoms with Crippen molar-refractivity contribution in [2.75, 3.05) is 7.11 Å². The number of alkyl carbamates (subject to hydrolysis) is 1. The summed E-state index contributed by atoms with van der Waals surface area (Å²) in [5.74, 6) is -0.453. The summed E-state index contributed by atoms with van der Waals surface area (Å²) in [4.78, 5) is 22.6. The van der Waals surface area contributed by atoms with Crippen LogP contribution in [0.15, 0.2) is 24.3 Å². The predicted octanol–water partition coefficient (Wildman–Crippen LogP) is 2.26. The number of nitrogens with one attached hydrogen (secondary N) is 2. The average molecular weight is 285 g/mol. The summed E-state index contributed by atoms with van der Waals surface area (Å²) in [6, 6.07) is 6.71. The summed E-state index contributed by atoms with van der Waals surface area (Å²) in [5.41, 5.74) is 0.891. The molecule has 0 saturated heterocycles. The molecule has 0 aliphatic heterocycles. The number of methoxy groups -OCH3 is 1. The summed E-state index contributed by atoms with van der Waals surface area (Å²) in [7, 11) is 1.20. The molecule has 6 heteroatoms. The van der Waals surface area contributed by atoms with Crippen molar-refractivity contribution in [3.63, 3.8) is 0 Å². The molecule has 1 aromatic rings. The Balaban J connectivity index is 2.62. The van der Waals surface area contributed by atoms with Crippen LogP contribution in [-0.2, 0) is 9.53 Å². The van der Waals surface area contributed by atoms with Crippen LogP contribution >= 0.6 is 11.6 Å². The van der Waals surface area contributed by atoms with E-state index in [2.05, 4.69) is 15.4 Å². The number of amides is 2. The Labute approximate surface area is 117 Å². The molecule has 2 N–H and O–H groups in total. The van der Waals surface area contributed by atoms with Crippen molar-refractivity contribution < 1.29 is 14.3 Å². The Bertz CT molecular complexity index is 465. The normalized spacial score (nSPS) is 13.5. The molecule has 0 aliphatic carbocycles. The fourth-order valence-electron chi connectivity index (χ4n) is 1.63. The summed E-state index contributed by atoms with van der Waals surface area (Å²) in [6.07, 6.45) is -0.774. The zero-order valence-corrected chi connectivity index (χ0v) is 11.8. The van der Waals surface area contributed by atoms with E-state index in [4.69, 9.17) is 11.6 Å². The highest BCUT2D eigenvalue weighted by Crippen LogP contribution is 2.22. The summed E-state index contributed by atoms with van der Waals surface area (Å²) in [5, 5.41) is 5.79. The van der Waals surface area contributed by atoms with Crippen LogP contribution in [0.25, 0.3) is 0 Å². The minimum atomic E-state index is -0.774. The van der Waals surface area contributed by atoms with E-state index < -0.39 is 18.0 Å². The van der Waals surface area contributed by atoms with Crippen molar-refractivity contribution >= 4 is 23.6 Å². The van der Waals surface area contributed by atoms with Crippen LogP contribution in [0.2, 0.25) is 5.02 Å². The number of hydrogen-bond donors (Lipinski definition) is 2. The molecule has 19 heavy (non-hydrogen) atoms. The van der Waals surface area contributed by atoms with Gasteiger partial charge in [0.2, 0.25) is 5.91 Å². The molecule has 0 heterocycles. The van der Waals surface area contributed by atoms with Gasteiger partial charge in [0.25, 0.3) is 0 Å². The van der Waals surface area contributed by atoms with Crippen LogP contribution in [-0.4, -0.2) is 25.2 Å². The third kappa shape index (κ3) is 4.54. The zero-order chi connectivity index (χ0) is 14.4. The number of benzene rings is 1. The first kappa shape index (κ1) is 15.5. The molecule has 1 rings (SSSR count). The lowest BCUT2D eigenvalue weighted by Gasteiger charge is -2.20. The maximum absolute atomic E-state index is 11.7. The van der Waals surface area contributed by atoms with E-state index in [-0.39, 0.29) is 6.04 Å². The van der Waals surface area contributed by atoms with Gasteiger partial charge in [0.15, 0.2) is 0 Å². The van der Waals surface area contributed by atoms with Gasteiger partial charge in [-0.2, -0.15) is 0 Å². The molecular formula is C13H17ClN2O3. The van der Waals surface area contributed by atoms with Crippen LogP contribution in [0.1, 0.15) is 25.5 Å². The van der Waals surface area contributed by atoms with Crippen molar-refractivity contribution in [2.45, 2.75) is 25.9 Å². The van der Waals surface area contributed by atoms with Gasteiger partial charge in [-0.05, 0) is 25.5 Å². The van der Waals surface area contributed by atoms with Gasteiger partial charge in [-0.25, -0.2) is 4.79 Å². The number of rotatable bonds is 4. The fraction of sp³-hybridized carbons (Fsp3) is 0.385. The Morgan fingerprint density at radius 3 is 2.47 bits per heavy atom. The maximum atomic E-state index is 11.7. The van der Waals surface area contributed by atoms with E-state index in [1.165, 1.54) is 7.11 Å². The van der Waals surface area contributed by atoms with Crippen molar-refractivity contribution in [2.24, 2.45) is 0 Å². The number of carbonyl (C=O) groups excluding carboxylic acids is 2. The van der Waals surface area contributed by atoms with Crippen molar-refractivity contribution in [1.82, 2.24) is 10.6 Å². The van der Waals surface area contributed by atoms with Gasteiger partial charge >= 0.3 is 6.09 Å². The molecule has 0 radical (unpaired) electrons. The minimum absolute atomic E-state index is 0.118. The zero-order valence-electron chi connectivity index (χ0n) is 11.1. The lowest BCUT2D eigenvalue weighted by molar-refractivity contribution is -0.122. The molecule has 1 aromatic carbocycles. The molecule has 2 atom stereocenters. The first-order chi connectivity index (χ1) is 8.95. The molecule has 0 unspecified atom stereocenters. The Hall–Kier alpha value is -1.59. The summed E-state index contributed by atoms with van der Waals surface area (Å²) < 4.78 is 4.36. The molecule has 0 fully saturated rings. The van der Waals surface area contributed by atoms with Gasteiger partial charge in [-0.1, -0.05) is 29.8 Å². The number of ether oxygens (including phenoxy) is 1. The average Bonchev–Trinajstić information content (AvgIpc) is 2.38. The van der Waals surface area contributed by atoms with Crippen LogP contribution < -0.4 is 10.6 Å². The van der Waals surface area contributed by atoms with Crippen LogP contribution in [0.4, 0.5) is 4.79 Å². The molecule has 0 bridgehead atoms. The van der Waals surface area contributed by atoms with Gasteiger partial charge in [0.05, 0.1) is 13.2 Å². The van der Waals surface area contributed by atoms with E-state index in [0.717, 1.165) is 5.56 Å². The van der Waals surface area contributed by atoms with Crippen molar-refractivity contribution in [3.8, 4) is 0 Å². The van der Waals surface area contributed by atoms with Crippen LogP contribution in [0.3, 0.4) is 0 Å². The summed E-state index contributed by atoms with van der Waals surface area (Å²) >= 11 is 6.07. The maximum Gasteiger partial charge on any atom is 0.413 e. The first-order valence-electron chi connectivity index (χ1n) is 5.85. The highest BCUT2D eigenvalue weighted by molar-refractivity contribution is 6.31. The number of hydrogen-bond acceptors (Lipinski definition) is 4. The molecule has 0 aromatic heterocycles. The second-order valence-corrected chi connectivity index (χ2v) is 4.52. The molecule has 104 valence electrons. The second kappa shape index (κ2) is 7.11. The fourth-order valence-corrected chi connectivity index (χ4v) is 1.93. The quantitative estimate of drug-likeness (QED) is 0.890. The smallest absolute Gasteiger partial charge is 0.413 e. The monoisotopic (exact) mass is 284 g/mol. The van der Waals surface area contributed by atoms with Gasteiger partial charge in [-0.15, -0.1) is 0 Å². The molecule has 0 saturated carbocycles. The summed E-state index contributed by atoms with van der Waals surface area (Å²) in [6.45, 7) is 3.55. The van der Waals surface area contributed by atoms with Gasteiger partial charge in [-0.3, -0.25) is 15.4 Å². The topological polar surface area (TPSA) is 67.4 Å². The lowest BCUT2D eigenvalue weighted by atomic mass is 10.1. The molecule has 0 aliphatic rings. The third-order valence-corrected chi connectivity index (χ3v) is 3.02. The highest BCUT2D eigenvalue weighted by Gasteiger charge is 2.19. The third-order valence-electron chi connectivity index (χ3n) is 2.68. The first-order valence-corrected chi connectivity index (χ1v) is 6.22. The van der Waals surface area contributed by atoms with Gasteiger partial charge in [0.1, 0.15) is 0 Å². The van der Waals surface area contributed by atoms with E-state index in [9.17, 15) is 9.59 Å². The second-order valence-electron chi connectivity index (χ2n) is 4.11. The lowest BCUT2D eigenvalue weighted by Crippen LogP contribution is -2.45. The highest BCUT2D eigenvalue weighted by atomic mass is 35.5. The molecule has 2 amide bonds. The molecule has 0 spiro atoms. The molecule has 5 nitrogen and oxygen atoms in total. The van der Waals surface area contributed by atoms with E-state index in [1.807, 2.05) is 25.1 Å². The van der Waals surface area contributed by atoms with Crippen molar-refractivity contribution in [3.05, 3.63) is 34.9 Å². The predicted molar refractivity (Wildman–Crippen MR) is 73.0 cm³/mol. The van der Waals surface area contributed by atoms with Crippen LogP contribution in [0, 0.1) is 0 Å². The SMILES string of the molecule is COC(=O)NC(=O)[C@@H](C)N[C@H](C)c1ccccc1Cl. The number of halogens is 1. The van der Waals surface area contributed by atoms with E-state index >= 15 is 0 Å². The van der Waals surface area contributed by atoms with E-state index in [0.29, 0.717) is 5.02 Å². The Morgan fingerprint density at radius 1 is 1.26 bits per heavy atom. The Kier molecular flexibility index (Phi) is 5.79. The minimum Gasteiger partial charge on any atom is -0.453 e. The van der Waals surface area contributed by atoms with Crippen LogP contribution in [0.5, 0.6) is 0 Å².